The number of aliphatic hydroxyl groups excluding tert-OH is 3. The molecular weight excluding hydrogens is 570 g/mol. The van der Waals surface area contributed by atoms with E-state index >= 15 is 0 Å². The van der Waals surface area contributed by atoms with Gasteiger partial charge in [-0.1, -0.05) is 212 Å². The molecule has 274 valence electrons. The third-order valence-corrected chi connectivity index (χ3v) is 9.63. The predicted molar refractivity (Wildman–Crippen MR) is 199 cm³/mol. The van der Waals surface area contributed by atoms with Crippen molar-refractivity contribution in [3.63, 3.8) is 0 Å². The lowest BCUT2D eigenvalue weighted by atomic mass is 10.0. The van der Waals surface area contributed by atoms with Crippen molar-refractivity contribution < 1.29 is 20.1 Å². The molecule has 0 aliphatic carbocycles. The number of hydrogen-bond acceptors (Lipinski definition) is 4. The standard InChI is InChI=1S/C41H81NO4/c1-3-5-7-9-11-13-14-15-16-17-18-19-20-21-22-23-24-25-26-28-29-31-33-35-39(44)38(37-43)42-41(46)40(45)36-34-32-30-27-12-10-8-6-4-2/h33,35,38-40,43-45H,3-32,34,36-37H2,1-2H3,(H,42,46)/b35-33+. The summed E-state index contributed by atoms with van der Waals surface area (Å²) in [6.45, 7) is 4.16. The summed E-state index contributed by atoms with van der Waals surface area (Å²) in [6.07, 6.45) is 42.5. The molecule has 0 bridgehead atoms. The maximum atomic E-state index is 12.4. The minimum absolute atomic E-state index is 0.360. The molecule has 1 amide bonds. The van der Waals surface area contributed by atoms with Crippen molar-refractivity contribution in [1.29, 1.82) is 0 Å². The van der Waals surface area contributed by atoms with Crippen LogP contribution in [0.5, 0.6) is 0 Å². The first-order valence-corrected chi connectivity index (χ1v) is 20.5. The molecule has 5 nitrogen and oxygen atoms in total. The molecule has 0 radical (unpaired) electrons. The van der Waals surface area contributed by atoms with E-state index in [1.165, 1.54) is 167 Å². The summed E-state index contributed by atoms with van der Waals surface area (Å²) in [6, 6.07) is -0.791. The molecule has 5 heteroatoms. The van der Waals surface area contributed by atoms with Crippen molar-refractivity contribution >= 4 is 5.91 Å². The molecule has 0 aliphatic heterocycles. The average molecular weight is 652 g/mol. The number of aliphatic hydroxyl groups is 3. The van der Waals surface area contributed by atoms with Gasteiger partial charge in [-0.3, -0.25) is 4.79 Å². The molecule has 0 aromatic rings. The number of unbranched alkanes of at least 4 members (excludes halogenated alkanes) is 29. The van der Waals surface area contributed by atoms with Gasteiger partial charge in [-0.15, -0.1) is 0 Å². The second-order valence-electron chi connectivity index (χ2n) is 14.2. The van der Waals surface area contributed by atoms with E-state index < -0.39 is 24.2 Å². The molecule has 0 heterocycles. The van der Waals surface area contributed by atoms with Crippen molar-refractivity contribution in [1.82, 2.24) is 5.32 Å². The molecule has 0 aromatic heterocycles. The zero-order valence-corrected chi connectivity index (χ0v) is 31.0. The highest BCUT2D eigenvalue weighted by molar-refractivity contribution is 5.80. The van der Waals surface area contributed by atoms with E-state index in [2.05, 4.69) is 19.2 Å². The smallest absolute Gasteiger partial charge is 0.249 e. The van der Waals surface area contributed by atoms with Crippen molar-refractivity contribution in [2.45, 2.75) is 238 Å². The van der Waals surface area contributed by atoms with Crippen LogP contribution in [0, 0.1) is 0 Å². The van der Waals surface area contributed by atoms with Crippen LogP contribution in [0.3, 0.4) is 0 Å². The van der Waals surface area contributed by atoms with Crippen molar-refractivity contribution in [2.75, 3.05) is 6.61 Å². The Morgan fingerprint density at radius 1 is 0.522 bits per heavy atom. The molecule has 46 heavy (non-hydrogen) atoms. The fourth-order valence-electron chi connectivity index (χ4n) is 6.36. The van der Waals surface area contributed by atoms with Gasteiger partial charge in [0.25, 0.3) is 0 Å². The maximum absolute atomic E-state index is 12.4. The van der Waals surface area contributed by atoms with Gasteiger partial charge in [-0.05, 0) is 19.3 Å². The molecule has 3 atom stereocenters. The third kappa shape index (κ3) is 31.7. The molecule has 3 unspecified atom stereocenters. The Balaban J connectivity index is 3.60. The van der Waals surface area contributed by atoms with Gasteiger partial charge in [0.1, 0.15) is 6.10 Å². The van der Waals surface area contributed by atoms with E-state index in [0.29, 0.717) is 6.42 Å². The Bertz CT molecular complexity index is 640. The van der Waals surface area contributed by atoms with Crippen LogP contribution in [0.15, 0.2) is 12.2 Å². The summed E-state index contributed by atoms with van der Waals surface area (Å²) >= 11 is 0. The van der Waals surface area contributed by atoms with Crippen LogP contribution >= 0.6 is 0 Å². The molecule has 0 aliphatic rings. The number of carbonyl (C=O) groups excluding carboxylic acids is 1. The highest BCUT2D eigenvalue weighted by Crippen LogP contribution is 2.16. The van der Waals surface area contributed by atoms with Crippen molar-refractivity contribution in [3.05, 3.63) is 12.2 Å². The van der Waals surface area contributed by atoms with E-state index in [9.17, 15) is 20.1 Å². The van der Waals surface area contributed by atoms with Crippen molar-refractivity contribution in [3.8, 4) is 0 Å². The zero-order valence-electron chi connectivity index (χ0n) is 31.0. The minimum atomic E-state index is -1.09. The van der Waals surface area contributed by atoms with Gasteiger partial charge in [-0.2, -0.15) is 0 Å². The lowest BCUT2D eigenvalue weighted by Gasteiger charge is -2.21. The van der Waals surface area contributed by atoms with Crippen LogP contribution < -0.4 is 5.32 Å². The first-order chi connectivity index (χ1) is 22.6. The van der Waals surface area contributed by atoms with Crippen LogP contribution in [0.2, 0.25) is 0 Å². The highest BCUT2D eigenvalue weighted by Gasteiger charge is 2.22. The van der Waals surface area contributed by atoms with Gasteiger partial charge in [0.15, 0.2) is 0 Å². The van der Waals surface area contributed by atoms with Gasteiger partial charge < -0.3 is 20.6 Å². The summed E-state index contributed by atoms with van der Waals surface area (Å²) in [4.78, 5) is 12.4. The molecule has 4 N–H and O–H groups in total. The Morgan fingerprint density at radius 2 is 0.848 bits per heavy atom. The topological polar surface area (TPSA) is 89.8 Å². The summed E-state index contributed by atoms with van der Waals surface area (Å²) < 4.78 is 0. The monoisotopic (exact) mass is 652 g/mol. The molecule has 0 aromatic carbocycles. The van der Waals surface area contributed by atoms with Crippen LogP contribution in [0.25, 0.3) is 0 Å². The van der Waals surface area contributed by atoms with Gasteiger partial charge in [-0.25, -0.2) is 0 Å². The van der Waals surface area contributed by atoms with E-state index in [1.54, 1.807) is 6.08 Å². The first-order valence-electron chi connectivity index (χ1n) is 20.5. The second-order valence-corrected chi connectivity index (χ2v) is 14.2. The fourth-order valence-corrected chi connectivity index (χ4v) is 6.36. The molecule has 0 spiro atoms. The third-order valence-electron chi connectivity index (χ3n) is 9.63. The number of hydrogen-bond donors (Lipinski definition) is 4. The van der Waals surface area contributed by atoms with E-state index in [0.717, 1.165) is 32.1 Å². The summed E-state index contributed by atoms with van der Waals surface area (Å²) in [5.41, 5.74) is 0. The minimum Gasteiger partial charge on any atom is -0.394 e. The molecule has 0 rings (SSSR count). The Hall–Kier alpha value is -0.910. The lowest BCUT2D eigenvalue weighted by Crippen LogP contribution is -2.48. The fraction of sp³-hybridized carbons (Fsp3) is 0.927. The van der Waals surface area contributed by atoms with Crippen molar-refractivity contribution in [2.24, 2.45) is 0 Å². The molecule has 0 saturated carbocycles. The number of amides is 1. The van der Waals surface area contributed by atoms with Gasteiger partial charge >= 0.3 is 0 Å². The summed E-state index contributed by atoms with van der Waals surface area (Å²) in [7, 11) is 0. The Morgan fingerprint density at radius 3 is 1.20 bits per heavy atom. The van der Waals surface area contributed by atoms with E-state index in [1.807, 2.05) is 6.08 Å². The number of rotatable bonds is 37. The van der Waals surface area contributed by atoms with E-state index in [-0.39, 0.29) is 6.61 Å². The van der Waals surface area contributed by atoms with Gasteiger partial charge in [0.05, 0.1) is 18.8 Å². The summed E-state index contributed by atoms with van der Waals surface area (Å²) in [5, 5.41) is 32.9. The first kappa shape index (κ1) is 45.1. The molecule has 0 fully saturated rings. The van der Waals surface area contributed by atoms with Crippen LogP contribution in [-0.2, 0) is 4.79 Å². The van der Waals surface area contributed by atoms with Crippen LogP contribution in [0.4, 0.5) is 0 Å². The molecule has 0 saturated heterocycles. The quantitative estimate of drug-likeness (QED) is 0.0397. The second kappa shape index (κ2) is 36.9. The van der Waals surface area contributed by atoms with Crippen LogP contribution in [0.1, 0.15) is 219 Å². The average Bonchev–Trinajstić information content (AvgIpc) is 3.06. The van der Waals surface area contributed by atoms with E-state index in [4.69, 9.17) is 0 Å². The number of allylic oxidation sites excluding steroid dienone is 1. The Labute approximate surface area is 287 Å². The Kier molecular flexibility index (Phi) is 36.2. The van der Waals surface area contributed by atoms with Crippen LogP contribution in [-0.4, -0.2) is 46.1 Å². The lowest BCUT2D eigenvalue weighted by molar-refractivity contribution is -0.131. The maximum Gasteiger partial charge on any atom is 0.249 e. The SMILES string of the molecule is CCCCCCCCCCCCCCCCCCCCCCC/C=C/C(O)C(CO)NC(=O)C(O)CCCCCCCCCCC. The summed E-state index contributed by atoms with van der Waals surface area (Å²) in [5.74, 6) is -0.504. The van der Waals surface area contributed by atoms with Gasteiger partial charge in [0, 0.05) is 0 Å². The van der Waals surface area contributed by atoms with Gasteiger partial charge in [0.2, 0.25) is 5.91 Å². The normalized spacial score (nSPS) is 13.8. The number of nitrogens with one attached hydrogen (secondary N) is 1. The zero-order chi connectivity index (χ0) is 33.8. The molecular formula is C41H81NO4. The highest BCUT2D eigenvalue weighted by atomic mass is 16.3. The number of carbonyl (C=O) groups is 1. The predicted octanol–water partition coefficient (Wildman–Crippen LogP) is 11.3. The largest absolute Gasteiger partial charge is 0.394 e.